The number of nitrogens with zero attached hydrogens (tertiary/aromatic N) is 5. The van der Waals surface area contributed by atoms with Crippen molar-refractivity contribution in [1.29, 1.82) is 0 Å². The molecule has 0 radical (unpaired) electrons. The topological polar surface area (TPSA) is 68.3 Å². The summed E-state index contributed by atoms with van der Waals surface area (Å²) in [6.45, 7) is 13.4. The molecule has 2 saturated heterocycles. The number of likely N-dealkylation sites (N-methyl/N-ethyl adjacent to an activating group) is 1. The molecule has 1 aromatic rings. The second kappa shape index (κ2) is 13.2. The Bertz CT molecular complexity index is 617. The number of rotatable bonds is 7. The summed E-state index contributed by atoms with van der Waals surface area (Å²) < 4.78 is 5.40. The number of nitrogens with one attached hydrogen (secondary N) is 2. The number of aromatic nitrogens is 1. The second-order valence-corrected chi connectivity index (χ2v) is 7.39. The lowest BCUT2D eigenvalue weighted by Gasteiger charge is -2.33. The first-order valence-electron chi connectivity index (χ1n) is 10.5. The SMILES string of the molecule is CCNC(=NCc1ccnc(N2CCN(C)CC2)c1)NCCN1CCOCC1.I. The molecule has 3 heterocycles. The molecule has 0 aliphatic carbocycles. The summed E-state index contributed by atoms with van der Waals surface area (Å²) in [4.78, 5) is 16.5. The van der Waals surface area contributed by atoms with Crippen LogP contribution in [0.15, 0.2) is 23.3 Å². The van der Waals surface area contributed by atoms with Crippen molar-refractivity contribution in [1.82, 2.24) is 25.4 Å². The molecule has 29 heavy (non-hydrogen) atoms. The highest BCUT2D eigenvalue weighted by molar-refractivity contribution is 14.0. The Kier molecular flexibility index (Phi) is 11.0. The maximum Gasteiger partial charge on any atom is 0.191 e. The number of anilines is 1. The molecule has 3 rings (SSSR count). The Morgan fingerprint density at radius 3 is 2.62 bits per heavy atom. The molecule has 164 valence electrons. The molecule has 2 fully saturated rings. The maximum atomic E-state index is 5.40. The molecule has 0 bridgehead atoms. The van der Waals surface area contributed by atoms with Crippen LogP contribution in [0.25, 0.3) is 0 Å². The van der Waals surface area contributed by atoms with Gasteiger partial charge in [0, 0.05) is 65.1 Å². The van der Waals surface area contributed by atoms with Gasteiger partial charge in [0.05, 0.1) is 19.8 Å². The van der Waals surface area contributed by atoms with Crippen LogP contribution in [-0.4, -0.2) is 99.9 Å². The molecule has 2 aliphatic rings. The van der Waals surface area contributed by atoms with E-state index in [1.807, 2.05) is 6.20 Å². The third-order valence-corrected chi connectivity index (χ3v) is 5.23. The van der Waals surface area contributed by atoms with Gasteiger partial charge in [-0.05, 0) is 31.7 Å². The highest BCUT2D eigenvalue weighted by atomic mass is 127. The standard InChI is InChI=1S/C20H35N7O.HI/c1-3-21-20(23-6-7-26-12-14-28-15-13-26)24-17-18-4-5-22-19(16-18)27-10-8-25(2)9-11-27;/h4-5,16H,3,6-15,17H2,1-2H3,(H2,21,23,24);1H. The number of aliphatic imine (C=N–C) groups is 1. The van der Waals surface area contributed by atoms with Crippen molar-refractivity contribution < 1.29 is 4.74 Å². The van der Waals surface area contributed by atoms with Gasteiger partial charge in [0.25, 0.3) is 0 Å². The summed E-state index contributed by atoms with van der Waals surface area (Å²) in [5.41, 5.74) is 1.19. The summed E-state index contributed by atoms with van der Waals surface area (Å²) in [5.74, 6) is 1.93. The van der Waals surface area contributed by atoms with E-state index in [1.165, 1.54) is 5.56 Å². The van der Waals surface area contributed by atoms with E-state index in [2.05, 4.69) is 56.4 Å². The van der Waals surface area contributed by atoms with Crippen molar-refractivity contribution in [3.8, 4) is 0 Å². The van der Waals surface area contributed by atoms with Crippen LogP contribution in [0.1, 0.15) is 12.5 Å². The largest absolute Gasteiger partial charge is 0.379 e. The van der Waals surface area contributed by atoms with Crippen molar-refractivity contribution in [3.63, 3.8) is 0 Å². The quantitative estimate of drug-likeness (QED) is 0.316. The summed E-state index contributed by atoms with van der Waals surface area (Å²) in [7, 11) is 2.17. The number of pyridine rings is 1. The van der Waals surface area contributed by atoms with E-state index < -0.39 is 0 Å². The Hall–Kier alpha value is -1.17. The molecular weight excluding hydrogens is 481 g/mol. The summed E-state index contributed by atoms with van der Waals surface area (Å²) >= 11 is 0. The molecular formula is C20H36IN7O. The smallest absolute Gasteiger partial charge is 0.191 e. The van der Waals surface area contributed by atoms with Gasteiger partial charge >= 0.3 is 0 Å². The molecule has 2 N–H and O–H groups in total. The summed E-state index contributed by atoms with van der Waals surface area (Å²) in [5, 5.41) is 6.78. The highest BCUT2D eigenvalue weighted by Crippen LogP contribution is 2.15. The Morgan fingerprint density at radius 1 is 1.14 bits per heavy atom. The number of halogens is 1. The van der Waals surface area contributed by atoms with Gasteiger partial charge in [-0.1, -0.05) is 0 Å². The summed E-state index contributed by atoms with van der Waals surface area (Å²) in [6.07, 6.45) is 1.90. The summed E-state index contributed by atoms with van der Waals surface area (Å²) in [6, 6.07) is 4.23. The fourth-order valence-corrected chi connectivity index (χ4v) is 3.44. The lowest BCUT2D eigenvalue weighted by Crippen LogP contribution is -2.44. The van der Waals surface area contributed by atoms with Crippen LogP contribution in [0.4, 0.5) is 5.82 Å². The van der Waals surface area contributed by atoms with Crippen molar-refractivity contribution in [3.05, 3.63) is 23.9 Å². The van der Waals surface area contributed by atoms with Crippen LogP contribution in [0, 0.1) is 0 Å². The number of hydrogen-bond acceptors (Lipinski definition) is 6. The number of morpholine rings is 1. The maximum absolute atomic E-state index is 5.40. The van der Waals surface area contributed by atoms with Crippen molar-refractivity contribution in [2.75, 3.05) is 84.1 Å². The van der Waals surface area contributed by atoms with Gasteiger partial charge in [-0.25, -0.2) is 9.98 Å². The third kappa shape index (κ3) is 8.23. The first-order valence-corrected chi connectivity index (χ1v) is 10.5. The molecule has 0 saturated carbocycles. The molecule has 0 atom stereocenters. The average Bonchev–Trinajstić information content (AvgIpc) is 2.73. The normalized spacial score (nSPS) is 19.0. The van der Waals surface area contributed by atoms with Gasteiger partial charge in [0.15, 0.2) is 5.96 Å². The number of hydrogen-bond donors (Lipinski definition) is 2. The number of ether oxygens (including phenoxy) is 1. The minimum atomic E-state index is 0. The van der Waals surface area contributed by atoms with E-state index in [0.717, 1.165) is 83.9 Å². The molecule has 0 spiro atoms. The van der Waals surface area contributed by atoms with Gasteiger partial charge in [0.2, 0.25) is 0 Å². The fourth-order valence-electron chi connectivity index (χ4n) is 3.44. The van der Waals surface area contributed by atoms with E-state index in [9.17, 15) is 0 Å². The Morgan fingerprint density at radius 2 is 1.90 bits per heavy atom. The molecule has 9 heteroatoms. The second-order valence-electron chi connectivity index (χ2n) is 7.39. The van der Waals surface area contributed by atoms with E-state index in [1.54, 1.807) is 0 Å². The Labute approximate surface area is 192 Å². The monoisotopic (exact) mass is 517 g/mol. The molecule has 1 aromatic heterocycles. The van der Waals surface area contributed by atoms with Gasteiger partial charge in [-0.2, -0.15) is 0 Å². The predicted molar refractivity (Wildman–Crippen MR) is 129 cm³/mol. The molecule has 0 amide bonds. The minimum absolute atomic E-state index is 0. The zero-order chi connectivity index (χ0) is 19.6. The number of guanidine groups is 1. The van der Waals surface area contributed by atoms with Gasteiger partial charge in [-0.3, -0.25) is 4.90 Å². The highest BCUT2D eigenvalue weighted by Gasteiger charge is 2.15. The van der Waals surface area contributed by atoms with Gasteiger partial charge in [0.1, 0.15) is 5.82 Å². The molecule has 2 aliphatic heterocycles. The van der Waals surface area contributed by atoms with E-state index in [-0.39, 0.29) is 24.0 Å². The van der Waals surface area contributed by atoms with E-state index in [0.29, 0.717) is 6.54 Å². The first-order chi connectivity index (χ1) is 13.7. The van der Waals surface area contributed by atoms with Crippen molar-refractivity contribution >= 4 is 35.8 Å². The molecule has 0 unspecified atom stereocenters. The van der Waals surface area contributed by atoms with Crippen LogP contribution in [-0.2, 0) is 11.3 Å². The molecule has 0 aromatic carbocycles. The molecule has 8 nitrogen and oxygen atoms in total. The van der Waals surface area contributed by atoms with Crippen LogP contribution in [0.5, 0.6) is 0 Å². The Balaban J connectivity index is 0.00000300. The minimum Gasteiger partial charge on any atom is -0.379 e. The lowest BCUT2D eigenvalue weighted by atomic mass is 10.2. The lowest BCUT2D eigenvalue weighted by molar-refractivity contribution is 0.0389. The van der Waals surface area contributed by atoms with Crippen LogP contribution in [0.2, 0.25) is 0 Å². The third-order valence-electron chi connectivity index (χ3n) is 5.23. The zero-order valence-corrected chi connectivity index (χ0v) is 20.1. The van der Waals surface area contributed by atoms with E-state index >= 15 is 0 Å². The predicted octanol–water partition coefficient (Wildman–Crippen LogP) is 0.839. The number of piperazine rings is 1. The first kappa shape index (κ1) is 24.1. The van der Waals surface area contributed by atoms with Crippen LogP contribution in [0.3, 0.4) is 0 Å². The van der Waals surface area contributed by atoms with Crippen molar-refractivity contribution in [2.45, 2.75) is 13.5 Å². The van der Waals surface area contributed by atoms with Gasteiger partial charge < -0.3 is 25.2 Å². The zero-order valence-electron chi connectivity index (χ0n) is 17.8. The van der Waals surface area contributed by atoms with Crippen LogP contribution >= 0.6 is 24.0 Å². The van der Waals surface area contributed by atoms with E-state index in [4.69, 9.17) is 9.73 Å². The van der Waals surface area contributed by atoms with Crippen LogP contribution < -0.4 is 15.5 Å². The van der Waals surface area contributed by atoms with Crippen molar-refractivity contribution in [2.24, 2.45) is 4.99 Å². The van der Waals surface area contributed by atoms with Gasteiger partial charge in [-0.15, -0.1) is 24.0 Å². The average molecular weight is 517 g/mol. The fraction of sp³-hybridized carbons (Fsp3) is 0.700.